The Kier molecular flexibility index (Phi) is 4.50. The molecule has 1 aromatic rings. The molecule has 4 heteroatoms. The van der Waals surface area contributed by atoms with E-state index in [0.717, 1.165) is 6.54 Å². The number of aryl methyl sites for hydroxylation is 1. The summed E-state index contributed by atoms with van der Waals surface area (Å²) in [5.74, 6) is 0.0716. The third-order valence-corrected chi connectivity index (χ3v) is 3.50. The topological polar surface area (TPSA) is 41.1 Å². The predicted octanol–water partition coefficient (Wildman–Crippen LogP) is 1.92. The fourth-order valence-corrected chi connectivity index (χ4v) is 2.36. The first-order valence-corrected chi connectivity index (χ1v) is 6.25. The lowest BCUT2D eigenvalue weighted by atomic mass is 9.92. The van der Waals surface area contributed by atoms with Crippen molar-refractivity contribution in [2.24, 2.45) is 5.41 Å². The Labute approximate surface area is 101 Å². The van der Waals surface area contributed by atoms with Gasteiger partial charge in [-0.25, -0.2) is 0 Å². The monoisotopic (exact) mass is 240 g/mol. The molecule has 1 rings (SSSR count). The molecule has 0 atom stereocenters. The van der Waals surface area contributed by atoms with E-state index in [4.69, 9.17) is 0 Å². The van der Waals surface area contributed by atoms with Crippen molar-refractivity contribution < 1.29 is 4.79 Å². The van der Waals surface area contributed by atoms with Gasteiger partial charge < -0.3 is 10.6 Å². The van der Waals surface area contributed by atoms with Crippen LogP contribution in [0.2, 0.25) is 0 Å². The van der Waals surface area contributed by atoms with Gasteiger partial charge in [0, 0.05) is 29.9 Å². The van der Waals surface area contributed by atoms with Crippen molar-refractivity contribution in [1.29, 1.82) is 0 Å². The summed E-state index contributed by atoms with van der Waals surface area (Å²) in [6, 6.07) is 4.24. The average Bonchev–Trinajstić information content (AvgIpc) is 2.62. The molecule has 0 aliphatic carbocycles. The second-order valence-electron chi connectivity index (χ2n) is 4.58. The van der Waals surface area contributed by atoms with Crippen molar-refractivity contribution in [1.82, 2.24) is 10.6 Å². The molecule has 0 aromatic carbocycles. The van der Waals surface area contributed by atoms with E-state index >= 15 is 0 Å². The number of hydrogen-bond donors (Lipinski definition) is 2. The molecule has 0 spiro atoms. The summed E-state index contributed by atoms with van der Waals surface area (Å²) in [6.45, 7) is 7.50. The van der Waals surface area contributed by atoms with Gasteiger partial charge in [-0.2, -0.15) is 0 Å². The molecular formula is C12H20N2OS. The van der Waals surface area contributed by atoms with Crippen molar-refractivity contribution >= 4 is 17.2 Å². The van der Waals surface area contributed by atoms with Crippen LogP contribution in [0.4, 0.5) is 0 Å². The first kappa shape index (κ1) is 13.2. The number of thiophene rings is 1. The maximum absolute atomic E-state index is 11.5. The molecule has 2 N–H and O–H groups in total. The molecule has 0 aliphatic heterocycles. The highest BCUT2D eigenvalue weighted by Gasteiger charge is 2.25. The molecule has 16 heavy (non-hydrogen) atoms. The average molecular weight is 240 g/mol. The summed E-state index contributed by atoms with van der Waals surface area (Å²) in [5.41, 5.74) is -0.360. The fraction of sp³-hybridized carbons (Fsp3) is 0.583. The lowest BCUT2D eigenvalue weighted by molar-refractivity contribution is -0.128. The quantitative estimate of drug-likeness (QED) is 0.825. The van der Waals surface area contributed by atoms with E-state index in [1.54, 1.807) is 18.4 Å². The van der Waals surface area contributed by atoms with E-state index in [2.05, 4.69) is 29.7 Å². The number of rotatable bonds is 5. The number of nitrogens with one attached hydrogen (secondary N) is 2. The number of carbonyl (C=O) groups is 1. The first-order chi connectivity index (χ1) is 7.45. The third-order valence-electron chi connectivity index (χ3n) is 2.50. The van der Waals surface area contributed by atoms with Gasteiger partial charge in [0.05, 0.1) is 5.41 Å². The molecule has 0 radical (unpaired) electrons. The lowest BCUT2D eigenvalue weighted by Crippen LogP contribution is -2.41. The zero-order chi connectivity index (χ0) is 12.2. The van der Waals surface area contributed by atoms with Crippen LogP contribution in [0.25, 0.3) is 0 Å². The van der Waals surface area contributed by atoms with Gasteiger partial charge in [-0.3, -0.25) is 4.79 Å². The highest BCUT2D eigenvalue weighted by atomic mass is 32.1. The van der Waals surface area contributed by atoms with Crippen LogP contribution >= 0.6 is 11.3 Å². The van der Waals surface area contributed by atoms with E-state index in [0.29, 0.717) is 6.54 Å². The Balaban J connectivity index is 2.38. The van der Waals surface area contributed by atoms with Gasteiger partial charge in [-0.15, -0.1) is 11.3 Å². The molecule has 1 aromatic heterocycles. The maximum atomic E-state index is 11.5. The molecule has 0 unspecified atom stereocenters. The van der Waals surface area contributed by atoms with E-state index in [1.807, 2.05) is 13.8 Å². The van der Waals surface area contributed by atoms with Crippen LogP contribution in [0.15, 0.2) is 12.1 Å². The Morgan fingerprint density at radius 1 is 1.44 bits per heavy atom. The van der Waals surface area contributed by atoms with Gasteiger partial charge in [0.15, 0.2) is 0 Å². The van der Waals surface area contributed by atoms with Crippen molar-refractivity contribution in [2.75, 3.05) is 13.6 Å². The Morgan fingerprint density at radius 3 is 2.62 bits per heavy atom. The number of amides is 1. The Bertz CT molecular complexity index is 358. The van der Waals surface area contributed by atoms with Crippen LogP contribution in [0, 0.1) is 12.3 Å². The summed E-state index contributed by atoms with van der Waals surface area (Å²) in [5, 5.41) is 6.00. The highest BCUT2D eigenvalue weighted by Crippen LogP contribution is 2.16. The number of hydrogen-bond acceptors (Lipinski definition) is 3. The van der Waals surface area contributed by atoms with Gasteiger partial charge in [-0.05, 0) is 32.9 Å². The standard InChI is InChI=1S/C12H20N2OS/c1-9-5-6-10(16-9)7-14-8-12(2,3)11(15)13-4/h5-6,14H,7-8H2,1-4H3,(H,13,15). The van der Waals surface area contributed by atoms with E-state index in [1.165, 1.54) is 9.75 Å². The van der Waals surface area contributed by atoms with Crippen molar-refractivity contribution in [2.45, 2.75) is 27.3 Å². The zero-order valence-electron chi connectivity index (χ0n) is 10.4. The molecule has 90 valence electrons. The van der Waals surface area contributed by atoms with Gasteiger partial charge in [-0.1, -0.05) is 0 Å². The van der Waals surface area contributed by atoms with Crippen molar-refractivity contribution in [3.8, 4) is 0 Å². The van der Waals surface area contributed by atoms with Gasteiger partial charge >= 0.3 is 0 Å². The SMILES string of the molecule is CNC(=O)C(C)(C)CNCc1ccc(C)s1. The van der Waals surface area contributed by atoms with Crippen LogP contribution < -0.4 is 10.6 Å². The van der Waals surface area contributed by atoms with Gasteiger partial charge in [0.2, 0.25) is 5.91 Å². The first-order valence-electron chi connectivity index (χ1n) is 5.44. The largest absolute Gasteiger partial charge is 0.359 e. The van der Waals surface area contributed by atoms with Crippen molar-refractivity contribution in [3.05, 3.63) is 21.9 Å². The molecular weight excluding hydrogens is 220 g/mol. The molecule has 0 saturated heterocycles. The fourth-order valence-electron chi connectivity index (χ4n) is 1.50. The predicted molar refractivity (Wildman–Crippen MR) is 68.6 cm³/mol. The Morgan fingerprint density at radius 2 is 2.12 bits per heavy atom. The smallest absolute Gasteiger partial charge is 0.226 e. The minimum absolute atomic E-state index is 0.0716. The molecule has 0 fully saturated rings. The van der Waals surface area contributed by atoms with Crippen molar-refractivity contribution in [3.63, 3.8) is 0 Å². The minimum Gasteiger partial charge on any atom is -0.359 e. The summed E-state index contributed by atoms with van der Waals surface area (Å²) in [6.07, 6.45) is 0. The minimum atomic E-state index is -0.360. The molecule has 0 aliphatic rings. The van der Waals surface area contributed by atoms with Crippen LogP contribution in [0.5, 0.6) is 0 Å². The third kappa shape index (κ3) is 3.61. The van der Waals surface area contributed by atoms with Crippen LogP contribution in [-0.2, 0) is 11.3 Å². The molecule has 1 amide bonds. The van der Waals surface area contributed by atoms with Crippen LogP contribution in [0.3, 0.4) is 0 Å². The van der Waals surface area contributed by atoms with Crippen LogP contribution in [0.1, 0.15) is 23.6 Å². The van der Waals surface area contributed by atoms with Gasteiger partial charge in [0.1, 0.15) is 0 Å². The van der Waals surface area contributed by atoms with E-state index in [-0.39, 0.29) is 11.3 Å². The maximum Gasteiger partial charge on any atom is 0.226 e. The summed E-state index contributed by atoms with van der Waals surface area (Å²) in [4.78, 5) is 14.2. The summed E-state index contributed by atoms with van der Waals surface area (Å²) >= 11 is 1.79. The van der Waals surface area contributed by atoms with Gasteiger partial charge in [0.25, 0.3) is 0 Å². The second-order valence-corrected chi connectivity index (χ2v) is 5.95. The molecule has 0 saturated carbocycles. The Hall–Kier alpha value is -0.870. The lowest BCUT2D eigenvalue weighted by Gasteiger charge is -2.22. The normalized spacial score (nSPS) is 11.5. The van der Waals surface area contributed by atoms with Crippen LogP contribution in [-0.4, -0.2) is 19.5 Å². The van der Waals surface area contributed by atoms with E-state index in [9.17, 15) is 4.79 Å². The highest BCUT2D eigenvalue weighted by molar-refractivity contribution is 7.11. The second kappa shape index (κ2) is 5.46. The summed E-state index contributed by atoms with van der Waals surface area (Å²) < 4.78 is 0. The molecule has 1 heterocycles. The molecule has 0 bridgehead atoms. The number of carbonyl (C=O) groups excluding carboxylic acids is 1. The molecule has 3 nitrogen and oxygen atoms in total. The summed E-state index contributed by atoms with van der Waals surface area (Å²) in [7, 11) is 1.67. The zero-order valence-corrected chi connectivity index (χ0v) is 11.2. The van der Waals surface area contributed by atoms with E-state index < -0.39 is 0 Å².